The van der Waals surface area contributed by atoms with Gasteiger partial charge < -0.3 is 15.0 Å². The Morgan fingerprint density at radius 3 is 2.19 bits per heavy atom. The summed E-state index contributed by atoms with van der Waals surface area (Å²) in [7, 11) is 1.65. The van der Waals surface area contributed by atoms with Gasteiger partial charge in [0.1, 0.15) is 11.8 Å². The second kappa shape index (κ2) is 13.2. The van der Waals surface area contributed by atoms with Crippen molar-refractivity contribution in [2.24, 2.45) is 0 Å². The third-order valence-corrected chi connectivity index (χ3v) is 6.50. The Labute approximate surface area is 196 Å². The number of nitrogens with zero attached hydrogens (tertiary/aromatic N) is 1. The van der Waals surface area contributed by atoms with E-state index in [1.807, 2.05) is 76.2 Å². The topological polar surface area (TPSA) is 58.6 Å². The van der Waals surface area contributed by atoms with Crippen LogP contribution in [0.15, 0.2) is 48.5 Å². The van der Waals surface area contributed by atoms with Crippen LogP contribution in [-0.4, -0.2) is 41.7 Å². The lowest BCUT2D eigenvalue weighted by Crippen LogP contribution is -2.51. The Bertz CT molecular complexity index is 852. The normalized spacial score (nSPS) is 12.7. The summed E-state index contributed by atoms with van der Waals surface area (Å²) in [5.74, 6) is 1.77. The van der Waals surface area contributed by atoms with Gasteiger partial charge >= 0.3 is 0 Å². The maximum atomic E-state index is 13.3. The number of carbonyl (C=O) groups is 2. The average molecular weight is 457 g/mol. The number of thioether (sulfide) groups is 1. The van der Waals surface area contributed by atoms with Crippen LogP contribution < -0.4 is 10.1 Å². The van der Waals surface area contributed by atoms with E-state index in [4.69, 9.17) is 4.74 Å². The minimum atomic E-state index is -0.487. The van der Waals surface area contributed by atoms with Crippen LogP contribution in [0.25, 0.3) is 0 Å². The Hall–Kier alpha value is -2.47. The van der Waals surface area contributed by atoms with Crippen molar-refractivity contribution >= 4 is 23.6 Å². The van der Waals surface area contributed by atoms with E-state index >= 15 is 0 Å². The molecular formula is C26H36N2O3S. The molecule has 0 bridgehead atoms. The van der Waals surface area contributed by atoms with Crippen molar-refractivity contribution in [2.45, 2.75) is 64.9 Å². The molecule has 0 spiro atoms. The maximum absolute atomic E-state index is 13.3. The Balaban J connectivity index is 2.10. The van der Waals surface area contributed by atoms with Gasteiger partial charge in [-0.25, -0.2) is 0 Å². The van der Waals surface area contributed by atoms with E-state index in [9.17, 15) is 9.59 Å². The Morgan fingerprint density at radius 2 is 1.62 bits per heavy atom. The van der Waals surface area contributed by atoms with Gasteiger partial charge in [0.15, 0.2) is 0 Å². The lowest BCUT2D eigenvalue weighted by molar-refractivity contribution is -0.139. The smallest absolute Gasteiger partial charge is 0.243 e. The van der Waals surface area contributed by atoms with Crippen molar-refractivity contribution in [2.75, 3.05) is 12.9 Å². The first-order valence-electron chi connectivity index (χ1n) is 11.2. The van der Waals surface area contributed by atoms with E-state index in [0.29, 0.717) is 18.7 Å². The fourth-order valence-corrected chi connectivity index (χ4v) is 4.18. The number of aryl methyl sites for hydroxylation is 1. The summed E-state index contributed by atoms with van der Waals surface area (Å²) in [6.07, 6.45) is 1.43. The zero-order valence-electron chi connectivity index (χ0n) is 19.9. The number of amides is 2. The molecule has 2 aromatic rings. The van der Waals surface area contributed by atoms with Gasteiger partial charge in [-0.1, -0.05) is 55.8 Å². The lowest BCUT2D eigenvalue weighted by Gasteiger charge is -2.31. The third kappa shape index (κ3) is 7.90. The highest BCUT2D eigenvalue weighted by atomic mass is 32.2. The van der Waals surface area contributed by atoms with Gasteiger partial charge in [0.25, 0.3) is 0 Å². The number of nitrogens with one attached hydrogen (secondary N) is 1. The summed E-state index contributed by atoms with van der Waals surface area (Å²) in [4.78, 5) is 28.0. The molecule has 174 valence electrons. The average Bonchev–Trinajstić information content (AvgIpc) is 2.80. The maximum Gasteiger partial charge on any atom is 0.243 e. The van der Waals surface area contributed by atoms with Crippen molar-refractivity contribution in [1.82, 2.24) is 10.2 Å². The largest absolute Gasteiger partial charge is 0.497 e. The molecule has 0 aromatic heterocycles. The summed E-state index contributed by atoms with van der Waals surface area (Å²) in [5, 5.41) is 3.05. The van der Waals surface area contributed by atoms with Crippen LogP contribution >= 0.6 is 11.8 Å². The summed E-state index contributed by atoms with van der Waals surface area (Å²) in [6.45, 7) is 8.45. The van der Waals surface area contributed by atoms with Crippen LogP contribution in [0.2, 0.25) is 0 Å². The molecule has 0 aliphatic carbocycles. The minimum absolute atomic E-state index is 0.0183. The number of benzene rings is 2. The number of carbonyl (C=O) groups excluding carboxylic acids is 2. The van der Waals surface area contributed by atoms with Gasteiger partial charge in [0.05, 0.1) is 12.9 Å². The van der Waals surface area contributed by atoms with Crippen molar-refractivity contribution in [3.63, 3.8) is 0 Å². The van der Waals surface area contributed by atoms with E-state index in [1.54, 1.807) is 23.8 Å². The molecule has 0 aliphatic rings. The number of methoxy groups -OCH3 is 1. The number of hydrogen-bond donors (Lipinski definition) is 1. The van der Waals surface area contributed by atoms with E-state index in [2.05, 4.69) is 5.32 Å². The third-order valence-electron chi connectivity index (χ3n) is 5.51. The molecule has 2 aromatic carbocycles. The van der Waals surface area contributed by atoms with Crippen LogP contribution in [0.1, 0.15) is 50.3 Å². The predicted octanol–water partition coefficient (Wildman–Crippen LogP) is 4.96. The molecule has 0 unspecified atom stereocenters. The molecule has 2 atom stereocenters. The van der Waals surface area contributed by atoms with Gasteiger partial charge in [0, 0.05) is 18.3 Å². The summed E-state index contributed by atoms with van der Waals surface area (Å²) < 4.78 is 5.20. The van der Waals surface area contributed by atoms with Gasteiger partial charge in [-0.05, 0) is 49.9 Å². The van der Waals surface area contributed by atoms with Crippen LogP contribution in [0.3, 0.4) is 0 Å². The van der Waals surface area contributed by atoms with E-state index in [1.165, 1.54) is 5.56 Å². The van der Waals surface area contributed by atoms with Crippen molar-refractivity contribution in [3.8, 4) is 5.75 Å². The fourth-order valence-electron chi connectivity index (χ4n) is 3.31. The summed E-state index contributed by atoms with van der Waals surface area (Å²) in [6, 6.07) is 15.6. The first-order valence-corrected chi connectivity index (χ1v) is 12.4. The monoisotopic (exact) mass is 456 g/mol. The minimum Gasteiger partial charge on any atom is -0.497 e. The van der Waals surface area contributed by atoms with E-state index in [0.717, 1.165) is 29.1 Å². The summed E-state index contributed by atoms with van der Waals surface area (Å²) in [5.41, 5.74) is 3.33. The predicted molar refractivity (Wildman–Crippen MR) is 133 cm³/mol. The summed E-state index contributed by atoms with van der Waals surface area (Å²) >= 11 is 1.56. The lowest BCUT2D eigenvalue weighted by atomic mass is 10.1. The van der Waals surface area contributed by atoms with Crippen LogP contribution in [0, 0.1) is 6.92 Å². The van der Waals surface area contributed by atoms with Crippen molar-refractivity contribution in [1.29, 1.82) is 0 Å². The molecular weight excluding hydrogens is 420 g/mol. The highest BCUT2D eigenvalue weighted by Gasteiger charge is 2.29. The van der Waals surface area contributed by atoms with Crippen LogP contribution in [-0.2, 0) is 21.9 Å². The molecule has 0 fully saturated rings. The second-order valence-electron chi connectivity index (χ2n) is 8.09. The fraction of sp³-hybridized carbons (Fsp3) is 0.462. The molecule has 32 heavy (non-hydrogen) atoms. The molecule has 5 nitrogen and oxygen atoms in total. The highest BCUT2D eigenvalue weighted by Crippen LogP contribution is 2.19. The van der Waals surface area contributed by atoms with Gasteiger partial charge in [0.2, 0.25) is 11.8 Å². The van der Waals surface area contributed by atoms with Crippen LogP contribution in [0.5, 0.6) is 5.75 Å². The molecule has 0 heterocycles. The van der Waals surface area contributed by atoms with Gasteiger partial charge in [-0.15, -0.1) is 11.8 Å². The SMILES string of the molecule is CC[C@@H](C)NC(=O)[C@H](CC)N(Cc1ccc(C)cc1)C(=O)CSCc1ccc(OC)cc1. The Kier molecular flexibility index (Phi) is 10.6. The highest BCUT2D eigenvalue weighted by molar-refractivity contribution is 7.99. The Morgan fingerprint density at radius 1 is 1.00 bits per heavy atom. The van der Waals surface area contributed by atoms with Crippen molar-refractivity contribution < 1.29 is 14.3 Å². The molecule has 0 saturated heterocycles. The number of rotatable bonds is 12. The first-order chi connectivity index (χ1) is 15.4. The zero-order chi connectivity index (χ0) is 23.5. The van der Waals surface area contributed by atoms with Gasteiger partial charge in [-0.3, -0.25) is 9.59 Å². The van der Waals surface area contributed by atoms with Crippen molar-refractivity contribution in [3.05, 3.63) is 65.2 Å². The van der Waals surface area contributed by atoms with E-state index < -0.39 is 6.04 Å². The molecule has 0 saturated carbocycles. The number of hydrogen-bond acceptors (Lipinski definition) is 4. The number of ether oxygens (including phenoxy) is 1. The molecule has 0 aliphatic heterocycles. The molecule has 0 radical (unpaired) electrons. The molecule has 1 N–H and O–H groups in total. The quantitative estimate of drug-likeness (QED) is 0.490. The molecule has 2 amide bonds. The molecule has 6 heteroatoms. The second-order valence-corrected chi connectivity index (χ2v) is 9.08. The van der Waals surface area contributed by atoms with Crippen LogP contribution in [0.4, 0.5) is 0 Å². The van der Waals surface area contributed by atoms with Gasteiger partial charge in [-0.2, -0.15) is 0 Å². The zero-order valence-corrected chi connectivity index (χ0v) is 20.7. The first kappa shape index (κ1) is 25.8. The van der Waals surface area contributed by atoms with E-state index in [-0.39, 0.29) is 17.9 Å². The molecule has 2 rings (SSSR count). The standard InChI is InChI=1S/C26H36N2O3S/c1-6-20(4)27-26(30)24(7-2)28(16-21-10-8-19(3)9-11-21)25(29)18-32-17-22-12-14-23(31-5)15-13-22/h8-15,20,24H,6-7,16-18H2,1-5H3,(H,27,30)/t20-,24+/m1/s1.